The molecule has 0 fully saturated rings. The Hall–Kier alpha value is -2.49. The summed E-state index contributed by atoms with van der Waals surface area (Å²) in [5.74, 6) is 1.54. The Morgan fingerprint density at radius 3 is 2.43 bits per heavy atom. The second-order valence-corrected chi connectivity index (χ2v) is 6.56. The zero-order valence-corrected chi connectivity index (χ0v) is 20.0. The number of carbonyl (C=O) groups is 1. The first-order valence-electron chi connectivity index (χ1n) is 9.76. The Morgan fingerprint density at radius 1 is 1.07 bits per heavy atom. The van der Waals surface area contributed by atoms with Crippen molar-refractivity contribution in [3.05, 3.63) is 59.2 Å². The molecule has 0 radical (unpaired) electrons. The van der Waals surface area contributed by atoms with Crippen LogP contribution in [-0.4, -0.2) is 50.3 Å². The minimum Gasteiger partial charge on any atom is -0.508 e. The first-order valence-corrected chi connectivity index (χ1v) is 9.76. The van der Waals surface area contributed by atoms with Crippen molar-refractivity contribution in [2.45, 2.75) is 20.3 Å². The number of nitrogens with one attached hydrogen (secondary N) is 3. The van der Waals surface area contributed by atoms with E-state index >= 15 is 0 Å². The zero-order chi connectivity index (χ0) is 21.1. The number of aryl methyl sites for hydroxylation is 1. The van der Waals surface area contributed by atoms with Crippen LogP contribution < -0.4 is 20.7 Å². The number of phenols is 1. The van der Waals surface area contributed by atoms with Crippen molar-refractivity contribution in [3.8, 4) is 11.5 Å². The summed E-state index contributed by atoms with van der Waals surface area (Å²) in [6.07, 6.45) is 0.777. The zero-order valence-electron chi connectivity index (χ0n) is 17.7. The number of phenolic OH excluding ortho intramolecular Hbond substituents is 1. The van der Waals surface area contributed by atoms with Crippen LogP contribution >= 0.6 is 24.0 Å². The molecule has 2 aromatic rings. The standard InChI is InChI=1S/C22H30N4O3.HI/c1-4-23-22(25-12-11-18-15-16(2)5-10-20(18)29-3)26-14-13-24-21(28)17-6-8-19(27)9-7-17;/h5-10,15,27H,4,11-14H2,1-3H3,(H,24,28)(H2,23,25,26);1H. The number of aromatic hydroxyl groups is 1. The molecule has 0 aliphatic carbocycles. The lowest BCUT2D eigenvalue weighted by molar-refractivity contribution is 0.0954. The van der Waals surface area contributed by atoms with Gasteiger partial charge in [0.05, 0.1) is 7.11 Å². The van der Waals surface area contributed by atoms with Crippen LogP contribution in [0.15, 0.2) is 47.5 Å². The second-order valence-electron chi connectivity index (χ2n) is 6.56. The number of methoxy groups -OCH3 is 1. The summed E-state index contributed by atoms with van der Waals surface area (Å²) in [6, 6.07) is 12.3. The third-order valence-corrected chi connectivity index (χ3v) is 4.26. The molecule has 0 aliphatic heterocycles. The van der Waals surface area contributed by atoms with Crippen molar-refractivity contribution in [2.75, 3.05) is 33.3 Å². The van der Waals surface area contributed by atoms with Crippen LogP contribution in [0.5, 0.6) is 11.5 Å². The molecule has 8 heteroatoms. The van der Waals surface area contributed by atoms with Crippen molar-refractivity contribution in [1.29, 1.82) is 0 Å². The smallest absolute Gasteiger partial charge is 0.251 e. The van der Waals surface area contributed by atoms with Gasteiger partial charge in [-0.25, -0.2) is 0 Å². The minimum absolute atomic E-state index is 0. The molecular weight excluding hydrogens is 495 g/mol. The molecule has 0 heterocycles. The van der Waals surface area contributed by atoms with E-state index in [1.807, 2.05) is 19.1 Å². The normalized spacial score (nSPS) is 10.7. The summed E-state index contributed by atoms with van der Waals surface area (Å²) in [7, 11) is 1.68. The van der Waals surface area contributed by atoms with Crippen molar-refractivity contribution in [1.82, 2.24) is 16.0 Å². The fraction of sp³-hybridized carbons (Fsp3) is 0.364. The van der Waals surface area contributed by atoms with E-state index in [4.69, 9.17) is 4.74 Å². The average Bonchev–Trinajstić information content (AvgIpc) is 2.71. The van der Waals surface area contributed by atoms with E-state index in [2.05, 4.69) is 33.9 Å². The molecule has 0 saturated carbocycles. The number of hydrogen-bond donors (Lipinski definition) is 4. The van der Waals surface area contributed by atoms with Crippen LogP contribution in [0.1, 0.15) is 28.4 Å². The SMILES string of the molecule is CCNC(=NCCc1cc(C)ccc1OC)NCCNC(=O)c1ccc(O)cc1.I. The van der Waals surface area contributed by atoms with Gasteiger partial charge in [-0.05, 0) is 56.2 Å². The highest BCUT2D eigenvalue weighted by molar-refractivity contribution is 14.0. The number of carbonyl (C=O) groups excluding carboxylic acids is 1. The highest BCUT2D eigenvalue weighted by atomic mass is 127. The van der Waals surface area contributed by atoms with Crippen LogP contribution in [0.2, 0.25) is 0 Å². The van der Waals surface area contributed by atoms with Crippen LogP contribution in [0.25, 0.3) is 0 Å². The van der Waals surface area contributed by atoms with Crippen LogP contribution in [0.4, 0.5) is 0 Å². The summed E-state index contributed by atoms with van der Waals surface area (Å²) >= 11 is 0. The lowest BCUT2D eigenvalue weighted by atomic mass is 10.1. The molecule has 0 atom stereocenters. The number of guanidine groups is 1. The molecule has 2 aromatic carbocycles. The number of benzene rings is 2. The van der Waals surface area contributed by atoms with Crippen molar-refractivity contribution in [2.24, 2.45) is 4.99 Å². The van der Waals surface area contributed by atoms with Gasteiger partial charge in [0.2, 0.25) is 0 Å². The molecule has 7 nitrogen and oxygen atoms in total. The van der Waals surface area contributed by atoms with Gasteiger partial charge in [0.1, 0.15) is 11.5 Å². The molecule has 4 N–H and O–H groups in total. The van der Waals surface area contributed by atoms with E-state index in [1.54, 1.807) is 19.2 Å². The summed E-state index contributed by atoms with van der Waals surface area (Å²) in [4.78, 5) is 16.7. The quantitative estimate of drug-likeness (QED) is 0.175. The predicted octanol–water partition coefficient (Wildman–Crippen LogP) is 2.85. The van der Waals surface area contributed by atoms with E-state index in [-0.39, 0.29) is 35.6 Å². The lowest BCUT2D eigenvalue weighted by Gasteiger charge is -2.13. The maximum Gasteiger partial charge on any atom is 0.251 e. The van der Waals surface area contributed by atoms with E-state index in [1.165, 1.54) is 17.7 Å². The van der Waals surface area contributed by atoms with Crippen LogP contribution in [-0.2, 0) is 6.42 Å². The molecule has 0 unspecified atom stereocenters. The highest BCUT2D eigenvalue weighted by Gasteiger charge is 2.05. The third-order valence-electron chi connectivity index (χ3n) is 4.26. The largest absolute Gasteiger partial charge is 0.508 e. The van der Waals surface area contributed by atoms with E-state index in [0.717, 1.165) is 24.3 Å². The Kier molecular flexibility index (Phi) is 11.7. The summed E-state index contributed by atoms with van der Waals surface area (Å²) < 4.78 is 5.42. The number of aliphatic imine (C=N–C) groups is 1. The predicted molar refractivity (Wildman–Crippen MR) is 131 cm³/mol. The molecular formula is C22H31IN4O3. The van der Waals surface area contributed by atoms with Gasteiger partial charge in [-0.3, -0.25) is 9.79 Å². The Bertz CT molecular complexity index is 826. The molecule has 2 rings (SSSR count). The maximum atomic E-state index is 12.1. The molecule has 0 saturated heterocycles. The third kappa shape index (κ3) is 8.48. The van der Waals surface area contributed by atoms with Crippen LogP contribution in [0, 0.1) is 6.92 Å². The Morgan fingerprint density at radius 2 is 1.77 bits per heavy atom. The number of hydrogen-bond acceptors (Lipinski definition) is 4. The molecule has 164 valence electrons. The molecule has 1 amide bonds. The van der Waals surface area contributed by atoms with Gasteiger partial charge in [0.15, 0.2) is 5.96 Å². The van der Waals surface area contributed by atoms with Gasteiger partial charge in [0.25, 0.3) is 5.91 Å². The summed E-state index contributed by atoms with van der Waals surface area (Å²) in [5, 5.41) is 18.5. The van der Waals surface area contributed by atoms with Crippen molar-refractivity contribution < 1.29 is 14.6 Å². The van der Waals surface area contributed by atoms with Gasteiger partial charge in [-0.1, -0.05) is 17.7 Å². The van der Waals surface area contributed by atoms with Gasteiger partial charge < -0.3 is 25.8 Å². The Balaban J connectivity index is 0.00000450. The monoisotopic (exact) mass is 526 g/mol. The topological polar surface area (TPSA) is 95.0 Å². The lowest BCUT2D eigenvalue weighted by Crippen LogP contribution is -2.41. The van der Waals surface area contributed by atoms with E-state index < -0.39 is 0 Å². The molecule has 0 spiro atoms. The first-order chi connectivity index (χ1) is 14.0. The number of rotatable bonds is 9. The van der Waals surface area contributed by atoms with Gasteiger partial charge in [0, 0.05) is 31.7 Å². The number of amides is 1. The molecule has 0 bridgehead atoms. The second kappa shape index (κ2) is 13.7. The first kappa shape index (κ1) is 25.5. The Labute approximate surface area is 195 Å². The number of nitrogens with zero attached hydrogens (tertiary/aromatic N) is 1. The molecule has 0 aliphatic rings. The van der Waals surface area contributed by atoms with E-state index in [9.17, 15) is 9.90 Å². The number of halogens is 1. The maximum absolute atomic E-state index is 12.1. The van der Waals surface area contributed by atoms with Gasteiger partial charge >= 0.3 is 0 Å². The number of ether oxygens (including phenoxy) is 1. The van der Waals surface area contributed by atoms with Crippen molar-refractivity contribution >= 4 is 35.8 Å². The van der Waals surface area contributed by atoms with Gasteiger partial charge in [-0.15, -0.1) is 24.0 Å². The summed E-state index contributed by atoms with van der Waals surface area (Å²) in [5.41, 5.74) is 2.84. The molecule has 0 aromatic heterocycles. The van der Waals surface area contributed by atoms with E-state index in [0.29, 0.717) is 31.2 Å². The van der Waals surface area contributed by atoms with Crippen LogP contribution in [0.3, 0.4) is 0 Å². The average molecular weight is 526 g/mol. The fourth-order valence-electron chi connectivity index (χ4n) is 2.80. The van der Waals surface area contributed by atoms with Crippen molar-refractivity contribution in [3.63, 3.8) is 0 Å². The molecule has 30 heavy (non-hydrogen) atoms. The minimum atomic E-state index is -0.180. The highest BCUT2D eigenvalue weighted by Crippen LogP contribution is 2.20. The summed E-state index contributed by atoms with van der Waals surface area (Å²) in [6.45, 7) is 6.44. The fourth-order valence-corrected chi connectivity index (χ4v) is 2.80. The van der Waals surface area contributed by atoms with Gasteiger partial charge in [-0.2, -0.15) is 0 Å².